The van der Waals surface area contributed by atoms with Gasteiger partial charge in [0.15, 0.2) is 0 Å². The van der Waals surface area contributed by atoms with Crippen molar-refractivity contribution in [1.29, 1.82) is 0 Å². The van der Waals surface area contributed by atoms with Gasteiger partial charge in [-0.15, -0.1) is 0 Å². The molecule has 0 radical (unpaired) electrons. The van der Waals surface area contributed by atoms with Gasteiger partial charge in [0.05, 0.1) is 0 Å². The fourth-order valence-corrected chi connectivity index (χ4v) is 1.84. The van der Waals surface area contributed by atoms with E-state index in [9.17, 15) is 13.8 Å². The Morgan fingerprint density at radius 2 is 1.84 bits per heavy atom. The van der Waals surface area contributed by atoms with Crippen molar-refractivity contribution in [2.24, 2.45) is 5.41 Å². The van der Waals surface area contributed by atoms with Gasteiger partial charge in [-0.05, 0) is 11.8 Å². The molecule has 0 aliphatic carbocycles. The van der Waals surface area contributed by atoms with Crippen LogP contribution in [0.15, 0.2) is 0 Å². The van der Waals surface area contributed by atoms with E-state index in [0.717, 1.165) is 0 Å². The maximum atomic E-state index is 11.6. The van der Waals surface area contributed by atoms with Gasteiger partial charge in [-0.25, -0.2) is 9.59 Å². The molecule has 2 unspecified atom stereocenters. The minimum absolute atomic E-state index is 0.00168. The zero-order chi connectivity index (χ0) is 15.2. The fourth-order valence-electron chi connectivity index (χ4n) is 1.39. The van der Waals surface area contributed by atoms with Crippen LogP contribution in [0.3, 0.4) is 0 Å². The third-order valence-electron chi connectivity index (χ3n) is 2.79. The molecule has 0 spiro atoms. The normalized spacial score (nSPS) is 16.3. The van der Waals surface area contributed by atoms with Gasteiger partial charge in [-0.2, -0.15) is 0 Å². The Morgan fingerprint density at radius 1 is 1.32 bits per heavy atom. The number of rotatable bonds is 6. The van der Waals surface area contributed by atoms with Crippen molar-refractivity contribution in [2.75, 3.05) is 12.8 Å². The van der Waals surface area contributed by atoms with Crippen LogP contribution in [-0.4, -0.2) is 45.4 Å². The number of carbonyl (C=O) groups is 2. The van der Waals surface area contributed by atoms with Gasteiger partial charge in [0.25, 0.3) is 0 Å². The van der Waals surface area contributed by atoms with Crippen molar-refractivity contribution < 1.29 is 18.9 Å². The van der Waals surface area contributed by atoms with Crippen molar-refractivity contribution in [1.82, 2.24) is 10.6 Å². The maximum absolute atomic E-state index is 11.6. The first-order chi connectivity index (χ1) is 8.55. The van der Waals surface area contributed by atoms with Crippen molar-refractivity contribution in [3.63, 3.8) is 0 Å². The van der Waals surface area contributed by atoms with Crippen molar-refractivity contribution in [2.45, 2.75) is 45.4 Å². The molecule has 19 heavy (non-hydrogen) atoms. The molecule has 0 bridgehead atoms. The van der Waals surface area contributed by atoms with Crippen LogP contribution in [-0.2, 0) is 15.6 Å². The number of carboxylic acid groups (broad SMARTS) is 1. The number of hydrogen-bond acceptors (Lipinski definition) is 3. The summed E-state index contributed by atoms with van der Waals surface area (Å²) >= 11 is 0. The molecule has 0 saturated heterocycles. The molecule has 0 rings (SSSR count). The summed E-state index contributed by atoms with van der Waals surface area (Å²) in [6, 6.07) is -1.47. The summed E-state index contributed by atoms with van der Waals surface area (Å²) in [5, 5.41) is 14.1. The summed E-state index contributed by atoms with van der Waals surface area (Å²) in [5.74, 6) is -1.06. The van der Waals surface area contributed by atoms with Crippen molar-refractivity contribution in [3.05, 3.63) is 0 Å². The molecule has 0 aromatic rings. The predicted molar refractivity (Wildman–Crippen MR) is 75.6 cm³/mol. The molecule has 0 aliphatic heterocycles. The van der Waals surface area contributed by atoms with Gasteiger partial charge in [-0.1, -0.05) is 27.7 Å². The highest BCUT2D eigenvalue weighted by atomic mass is 32.2. The molecule has 0 fully saturated rings. The molecule has 0 aromatic heterocycles. The number of carboxylic acids is 1. The van der Waals surface area contributed by atoms with Crippen molar-refractivity contribution in [3.8, 4) is 0 Å². The molecule has 6 nitrogen and oxygen atoms in total. The van der Waals surface area contributed by atoms with Crippen LogP contribution in [0.5, 0.6) is 0 Å². The molecule has 3 atom stereocenters. The lowest BCUT2D eigenvalue weighted by Crippen LogP contribution is -2.52. The van der Waals surface area contributed by atoms with Crippen LogP contribution in [0.4, 0.5) is 4.79 Å². The Labute approximate surface area is 116 Å². The first kappa shape index (κ1) is 17.9. The minimum atomic E-state index is -1.06. The van der Waals surface area contributed by atoms with Gasteiger partial charge in [0.2, 0.25) is 0 Å². The highest BCUT2D eigenvalue weighted by Crippen LogP contribution is 2.19. The number of amides is 2. The average Bonchev–Trinajstić information content (AvgIpc) is 2.23. The average molecular weight is 292 g/mol. The summed E-state index contributed by atoms with van der Waals surface area (Å²) < 4.78 is 11.1. The van der Waals surface area contributed by atoms with Crippen LogP contribution >= 0.6 is 0 Å². The van der Waals surface area contributed by atoms with Gasteiger partial charge < -0.3 is 15.7 Å². The summed E-state index contributed by atoms with van der Waals surface area (Å²) in [4.78, 5) is 22.7. The van der Waals surface area contributed by atoms with E-state index >= 15 is 0 Å². The molecule has 0 aliphatic rings. The second-order valence-electron chi connectivity index (χ2n) is 5.64. The molecular weight excluding hydrogens is 268 g/mol. The standard InChI is InChI=1S/C12H24N2O4S/c1-8(19(5)18)6-7-13-11(17)14-9(10(15)16)12(2,3)4/h8-9H,6-7H2,1-5H3,(H,15,16)(H2,13,14,17)/t8?,9-,19?/m1/s1. The van der Waals surface area contributed by atoms with Gasteiger partial charge >= 0.3 is 12.0 Å². The second-order valence-corrected chi connectivity index (χ2v) is 7.44. The van der Waals surface area contributed by atoms with E-state index in [-0.39, 0.29) is 5.25 Å². The van der Waals surface area contributed by atoms with Crippen molar-refractivity contribution >= 4 is 22.8 Å². The predicted octanol–water partition coefficient (Wildman–Crippen LogP) is 0.942. The Hall–Kier alpha value is -1.11. The van der Waals surface area contributed by atoms with E-state index in [1.165, 1.54) is 0 Å². The van der Waals surface area contributed by atoms with Crippen LogP contribution in [0.2, 0.25) is 0 Å². The molecule has 7 heteroatoms. The van der Waals surface area contributed by atoms with Gasteiger partial charge in [0, 0.05) is 28.9 Å². The summed E-state index contributed by atoms with van der Waals surface area (Å²) in [6.07, 6.45) is 2.20. The number of nitrogens with one attached hydrogen (secondary N) is 2. The zero-order valence-corrected chi connectivity index (χ0v) is 13.0. The van der Waals surface area contributed by atoms with Crippen LogP contribution < -0.4 is 10.6 Å². The number of urea groups is 1. The van der Waals surface area contributed by atoms with E-state index < -0.39 is 34.3 Å². The van der Waals surface area contributed by atoms with E-state index in [4.69, 9.17) is 5.11 Å². The lowest BCUT2D eigenvalue weighted by molar-refractivity contribution is -0.141. The number of carbonyl (C=O) groups excluding carboxylic acids is 1. The molecule has 0 heterocycles. The van der Waals surface area contributed by atoms with Gasteiger partial charge in [0.1, 0.15) is 6.04 Å². The monoisotopic (exact) mass is 292 g/mol. The topological polar surface area (TPSA) is 95.5 Å². The molecular formula is C12H24N2O4S. The fraction of sp³-hybridized carbons (Fsp3) is 0.833. The third-order valence-corrected chi connectivity index (χ3v) is 4.16. The number of aliphatic carboxylic acids is 1. The zero-order valence-electron chi connectivity index (χ0n) is 12.1. The summed E-state index contributed by atoms with van der Waals surface area (Å²) in [6.45, 7) is 7.44. The molecule has 3 N–H and O–H groups in total. The smallest absolute Gasteiger partial charge is 0.326 e. The Kier molecular flexibility index (Phi) is 7.04. The lowest BCUT2D eigenvalue weighted by atomic mass is 9.87. The van der Waals surface area contributed by atoms with E-state index in [1.807, 2.05) is 6.92 Å². The molecule has 0 aromatic carbocycles. The molecule has 0 saturated carbocycles. The second kappa shape index (κ2) is 7.47. The van der Waals surface area contributed by atoms with E-state index in [0.29, 0.717) is 13.0 Å². The van der Waals surface area contributed by atoms with Crippen LogP contribution in [0, 0.1) is 5.41 Å². The Morgan fingerprint density at radius 3 is 2.21 bits per heavy atom. The van der Waals surface area contributed by atoms with E-state index in [2.05, 4.69) is 10.6 Å². The minimum Gasteiger partial charge on any atom is -0.480 e. The highest BCUT2D eigenvalue weighted by molar-refractivity contribution is 7.84. The quantitative estimate of drug-likeness (QED) is 0.679. The first-order valence-corrected chi connectivity index (χ1v) is 7.77. The largest absolute Gasteiger partial charge is 0.480 e. The summed E-state index contributed by atoms with van der Waals surface area (Å²) in [5.41, 5.74) is -0.568. The summed E-state index contributed by atoms with van der Waals surface area (Å²) in [7, 11) is -0.923. The molecule has 2 amide bonds. The first-order valence-electron chi connectivity index (χ1n) is 6.15. The van der Waals surface area contributed by atoms with Gasteiger partial charge in [-0.3, -0.25) is 4.21 Å². The Balaban J connectivity index is 4.23. The van der Waals surface area contributed by atoms with Crippen LogP contribution in [0.1, 0.15) is 34.1 Å². The molecule has 112 valence electrons. The van der Waals surface area contributed by atoms with Crippen LogP contribution in [0.25, 0.3) is 0 Å². The van der Waals surface area contributed by atoms with E-state index in [1.54, 1.807) is 27.0 Å². The number of hydrogen-bond donors (Lipinski definition) is 3. The lowest BCUT2D eigenvalue weighted by Gasteiger charge is -2.27. The Bertz CT molecular complexity index is 352. The third kappa shape index (κ3) is 7.15. The maximum Gasteiger partial charge on any atom is 0.326 e. The SMILES string of the molecule is CC(CCNC(=O)N[C@H](C(=O)O)C(C)(C)C)S(C)=O. The highest BCUT2D eigenvalue weighted by Gasteiger charge is 2.32.